The van der Waals surface area contributed by atoms with Gasteiger partial charge in [0.25, 0.3) is 5.69 Å². The highest BCUT2D eigenvalue weighted by atomic mass is 19.1. The van der Waals surface area contributed by atoms with Gasteiger partial charge in [0.2, 0.25) is 0 Å². The van der Waals surface area contributed by atoms with Crippen LogP contribution in [0.2, 0.25) is 0 Å². The second kappa shape index (κ2) is 8.90. The van der Waals surface area contributed by atoms with Crippen molar-refractivity contribution in [1.29, 1.82) is 0 Å². The second-order valence-corrected chi connectivity index (χ2v) is 8.95. The van der Waals surface area contributed by atoms with Crippen molar-refractivity contribution >= 4 is 17.6 Å². The fourth-order valence-electron chi connectivity index (χ4n) is 4.47. The summed E-state index contributed by atoms with van der Waals surface area (Å²) in [5, 5.41) is 10.9. The molecule has 5 rings (SSSR count). The predicted octanol–water partition coefficient (Wildman–Crippen LogP) is 4.08. The van der Waals surface area contributed by atoms with E-state index in [4.69, 9.17) is 9.47 Å². The number of piperidine rings is 3. The number of esters is 2. The molecule has 174 valence electrons. The Kier molecular flexibility index (Phi) is 6.16. The third kappa shape index (κ3) is 4.73. The fraction of sp³-hybridized carbons (Fsp3) is 0.417. The minimum atomic E-state index is -1.23. The van der Waals surface area contributed by atoms with Gasteiger partial charge in [0.15, 0.2) is 0 Å². The average molecular weight is 456 g/mol. The summed E-state index contributed by atoms with van der Waals surface area (Å²) in [7, 11) is 0. The van der Waals surface area contributed by atoms with Crippen molar-refractivity contribution in [2.45, 2.75) is 38.4 Å². The smallest absolute Gasteiger partial charge is 0.342 e. The number of hydrogen-bond acceptors (Lipinski definition) is 7. The standard InChI is InChI=1S/C24H25FN2O6/c1-24(2,16-6-8-17(9-7-16)27(30)31)33-23(29)21-18(4-3-5-19(21)25)22(28)32-20-14-26-12-10-15(20)11-13-26/h3-9,15,20H,10-14H2,1-2H3. The van der Waals surface area contributed by atoms with Crippen molar-refractivity contribution in [3.63, 3.8) is 0 Å². The molecule has 9 heteroatoms. The van der Waals surface area contributed by atoms with Crippen LogP contribution in [0, 0.1) is 21.8 Å². The summed E-state index contributed by atoms with van der Waals surface area (Å²) in [5.41, 5.74) is -1.53. The Morgan fingerprint density at radius 3 is 2.33 bits per heavy atom. The lowest BCUT2D eigenvalue weighted by atomic mass is 9.86. The van der Waals surface area contributed by atoms with Gasteiger partial charge in [-0.3, -0.25) is 15.0 Å². The molecule has 0 saturated carbocycles. The maximum absolute atomic E-state index is 14.7. The number of non-ortho nitro benzene ring substituents is 1. The molecule has 3 fully saturated rings. The number of halogens is 1. The van der Waals surface area contributed by atoms with Crippen LogP contribution in [0.15, 0.2) is 42.5 Å². The van der Waals surface area contributed by atoms with Gasteiger partial charge in [-0.1, -0.05) is 6.07 Å². The van der Waals surface area contributed by atoms with Crippen LogP contribution in [0.3, 0.4) is 0 Å². The molecule has 1 atom stereocenters. The summed E-state index contributed by atoms with van der Waals surface area (Å²) in [5.74, 6) is -2.39. The van der Waals surface area contributed by atoms with Gasteiger partial charge in [0.1, 0.15) is 23.1 Å². The average Bonchev–Trinajstić information content (AvgIpc) is 2.79. The minimum Gasteiger partial charge on any atom is -0.457 e. The lowest BCUT2D eigenvalue weighted by molar-refractivity contribution is -0.384. The summed E-state index contributed by atoms with van der Waals surface area (Å²) >= 11 is 0. The summed E-state index contributed by atoms with van der Waals surface area (Å²) in [6.07, 6.45) is 1.60. The van der Waals surface area contributed by atoms with E-state index in [1.54, 1.807) is 13.8 Å². The number of nitro groups is 1. The van der Waals surface area contributed by atoms with Crippen LogP contribution in [-0.4, -0.2) is 47.5 Å². The molecule has 3 aliphatic rings. The predicted molar refractivity (Wildman–Crippen MR) is 116 cm³/mol. The molecule has 3 aliphatic heterocycles. The normalized spacial score (nSPS) is 22.0. The van der Waals surface area contributed by atoms with Crippen molar-refractivity contribution in [3.8, 4) is 0 Å². The molecule has 2 bridgehead atoms. The Morgan fingerprint density at radius 1 is 1.09 bits per heavy atom. The Labute approximate surface area is 190 Å². The van der Waals surface area contributed by atoms with E-state index in [0.717, 1.165) is 32.0 Å². The summed E-state index contributed by atoms with van der Waals surface area (Å²) < 4.78 is 26.0. The molecule has 2 aromatic carbocycles. The van der Waals surface area contributed by atoms with E-state index in [-0.39, 0.29) is 23.3 Å². The molecule has 0 radical (unpaired) electrons. The number of hydrogen-bond donors (Lipinski definition) is 0. The van der Waals surface area contributed by atoms with Gasteiger partial charge in [-0.2, -0.15) is 0 Å². The molecule has 3 saturated heterocycles. The van der Waals surface area contributed by atoms with Crippen molar-refractivity contribution in [1.82, 2.24) is 4.90 Å². The van der Waals surface area contributed by atoms with E-state index < -0.39 is 33.8 Å². The fourth-order valence-corrected chi connectivity index (χ4v) is 4.47. The highest BCUT2D eigenvalue weighted by Crippen LogP contribution is 2.32. The first-order chi connectivity index (χ1) is 15.7. The van der Waals surface area contributed by atoms with E-state index in [1.165, 1.54) is 36.4 Å². The van der Waals surface area contributed by atoms with E-state index in [2.05, 4.69) is 4.90 Å². The third-order valence-corrected chi connectivity index (χ3v) is 6.41. The van der Waals surface area contributed by atoms with Crippen LogP contribution in [0.5, 0.6) is 0 Å². The van der Waals surface area contributed by atoms with Crippen LogP contribution in [0.1, 0.15) is 53.0 Å². The summed E-state index contributed by atoms with van der Waals surface area (Å²) in [6, 6.07) is 9.31. The van der Waals surface area contributed by atoms with Gasteiger partial charge in [-0.05, 0) is 75.5 Å². The molecule has 0 N–H and O–H groups in total. The van der Waals surface area contributed by atoms with E-state index in [0.29, 0.717) is 12.1 Å². The summed E-state index contributed by atoms with van der Waals surface area (Å²) in [4.78, 5) is 38.5. The van der Waals surface area contributed by atoms with Gasteiger partial charge in [0, 0.05) is 18.7 Å². The third-order valence-electron chi connectivity index (χ3n) is 6.41. The van der Waals surface area contributed by atoms with Crippen LogP contribution in [-0.2, 0) is 15.1 Å². The van der Waals surface area contributed by atoms with Crippen molar-refractivity contribution < 1.29 is 28.4 Å². The van der Waals surface area contributed by atoms with Crippen LogP contribution in [0.25, 0.3) is 0 Å². The molecule has 8 nitrogen and oxygen atoms in total. The van der Waals surface area contributed by atoms with E-state index >= 15 is 0 Å². The van der Waals surface area contributed by atoms with Crippen molar-refractivity contribution in [2.75, 3.05) is 19.6 Å². The highest BCUT2D eigenvalue weighted by molar-refractivity contribution is 6.03. The van der Waals surface area contributed by atoms with Crippen molar-refractivity contribution in [2.24, 2.45) is 5.92 Å². The number of rotatable bonds is 6. The zero-order valence-electron chi connectivity index (χ0n) is 18.5. The summed E-state index contributed by atoms with van der Waals surface area (Å²) in [6.45, 7) is 5.76. The van der Waals surface area contributed by atoms with Crippen molar-refractivity contribution in [3.05, 3.63) is 75.1 Å². The minimum absolute atomic E-state index is 0.104. The first-order valence-electron chi connectivity index (χ1n) is 10.9. The molecule has 3 heterocycles. The van der Waals surface area contributed by atoms with Gasteiger partial charge in [0.05, 0.1) is 10.5 Å². The zero-order valence-corrected chi connectivity index (χ0v) is 18.5. The first kappa shape index (κ1) is 22.8. The number of nitro benzene ring substituents is 1. The number of carbonyl (C=O) groups excluding carboxylic acids is 2. The molecule has 0 aromatic heterocycles. The Balaban J connectivity index is 1.54. The number of carbonyl (C=O) groups is 2. The monoisotopic (exact) mass is 456 g/mol. The molecule has 0 aliphatic carbocycles. The number of ether oxygens (including phenoxy) is 2. The SMILES string of the molecule is CC(C)(OC(=O)c1c(F)cccc1C(=O)OC1CN2CCC1CC2)c1ccc([N+](=O)[O-])cc1. The first-order valence-corrected chi connectivity index (χ1v) is 10.9. The zero-order chi connectivity index (χ0) is 23.8. The molecule has 0 spiro atoms. The Bertz CT molecular complexity index is 1080. The van der Waals surface area contributed by atoms with Crippen LogP contribution >= 0.6 is 0 Å². The Hall–Kier alpha value is -3.33. The van der Waals surface area contributed by atoms with Gasteiger partial charge >= 0.3 is 11.9 Å². The molecular weight excluding hydrogens is 431 g/mol. The van der Waals surface area contributed by atoms with E-state index in [1.807, 2.05) is 0 Å². The molecule has 1 unspecified atom stereocenters. The molecular formula is C24H25FN2O6. The molecule has 0 amide bonds. The largest absolute Gasteiger partial charge is 0.457 e. The van der Waals surface area contributed by atoms with Crippen LogP contribution < -0.4 is 0 Å². The lowest BCUT2D eigenvalue weighted by Crippen LogP contribution is -2.52. The van der Waals surface area contributed by atoms with Gasteiger partial charge in [-0.15, -0.1) is 0 Å². The maximum atomic E-state index is 14.7. The van der Waals surface area contributed by atoms with E-state index in [9.17, 15) is 24.1 Å². The van der Waals surface area contributed by atoms with Crippen LogP contribution in [0.4, 0.5) is 10.1 Å². The quantitative estimate of drug-likeness (QED) is 0.367. The number of fused-ring (bicyclic) bond motifs is 3. The van der Waals surface area contributed by atoms with Gasteiger partial charge < -0.3 is 9.47 Å². The number of benzene rings is 2. The Morgan fingerprint density at radius 2 is 1.76 bits per heavy atom. The topological polar surface area (TPSA) is 99.0 Å². The second-order valence-electron chi connectivity index (χ2n) is 8.95. The maximum Gasteiger partial charge on any atom is 0.342 e. The lowest BCUT2D eigenvalue weighted by Gasteiger charge is -2.43. The molecule has 33 heavy (non-hydrogen) atoms. The van der Waals surface area contributed by atoms with Gasteiger partial charge in [-0.25, -0.2) is 14.0 Å². The highest BCUT2D eigenvalue weighted by Gasteiger charge is 2.38. The molecule has 2 aromatic rings. The number of nitrogens with zero attached hydrogens (tertiary/aromatic N) is 2.